The van der Waals surface area contributed by atoms with Crippen molar-refractivity contribution >= 4 is 0 Å². The zero-order valence-corrected chi connectivity index (χ0v) is 13.6. The summed E-state index contributed by atoms with van der Waals surface area (Å²) >= 11 is 0. The maximum absolute atomic E-state index is 14.4. The van der Waals surface area contributed by atoms with Gasteiger partial charge in [-0.1, -0.05) is 19.9 Å². The number of aromatic nitrogens is 3. The van der Waals surface area contributed by atoms with Gasteiger partial charge in [-0.2, -0.15) is 5.10 Å². The molecule has 2 rings (SSSR count). The fraction of sp³-hybridized carbons (Fsp3) is 0.500. The van der Waals surface area contributed by atoms with Crippen molar-refractivity contribution in [3.05, 3.63) is 48.1 Å². The first-order valence-corrected chi connectivity index (χ1v) is 7.22. The Morgan fingerprint density at radius 1 is 1.13 bits per heavy atom. The second-order valence-electron chi connectivity index (χ2n) is 6.76. The monoisotopic (exact) mass is 325 g/mol. The van der Waals surface area contributed by atoms with Crippen LogP contribution >= 0.6 is 0 Å². The van der Waals surface area contributed by atoms with Gasteiger partial charge in [0.15, 0.2) is 0 Å². The van der Waals surface area contributed by atoms with Gasteiger partial charge in [0.2, 0.25) is 0 Å². The van der Waals surface area contributed by atoms with Crippen LogP contribution in [-0.4, -0.2) is 30.6 Å². The molecule has 0 bridgehead atoms. The molecule has 0 aliphatic carbocycles. The van der Waals surface area contributed by atoms with Gasteiger partial charge in [0.1, 0.15) is 29.9 Å². The Morgan fingerprint density at radius 3 is 2.26 bits per heavy atom. The van der Waals surface area contributed by atoms with E-state index in [2.05, 4.69) is 10.1 Å². The Labute approximate surface area is 133 Å². The van der Waals surface area contributed by atoms with Crippen LogP contribution in [0.15, 0.2) is 30.9 Å². The van der Waals surface area contributed by atoms with Crippen LogP contribution < -0.4 is 0 Å². The van der Waals surface area contributed by atoms with Crippen LogP contribution in [0.25, 0.3) is 0 Å². The number of benzene rings is 1. The van der Waals surface area contributed by atoms with Crippen molar-refractivity contribution < 1.29 is 19.0 Å². The predicted octanol–water partition coefficient (Wildman–Crippen LogP) is 2.24. The Kier molecular flexibility index (Phi) is 4.30. The van der Waals surface area contributed by atoms with Gasteiger partial charge in [-0.15, -0.1) is 0 Å². The summed E-state index contributed by atoms with van der Waals surface area (Å²) < 4.78 is 29.0. The number of aliphatic hydroxyl groups is 2. The molecule has 0 fully saturated rings. The topological polar surface area (TPSA) is 71.2 Å². The lowest BCUT2D eigenvalue weighted by atomic mass is 9.62. The number of hydrogen-bond acceptors (Lipinski definition) is 4. The highest BCUT2D eigenvalue weighted by Crippen LogP contribution is 2.48. The first kappa shape index (κ1) is 17.5. The molecule has 0 spiro atoms. The largest absolute Gasteiger partial charge is 0.390 e. The highest BCUT2D eigenvalue weighted by Gasteiger charge is 2.54. The lowest BCUT2D eigenvalue weighted by molar-refractivity contribution is -0.180. The van der Waals surface area contributed by atoms with Gasteiger partial charge >= 0.3 is 0 Å². The molecule has 1 atom stereocenters. The summed E-state index contributed by atoms with van der Waals surface area (Å²) in [5.74, 6) is -1.62. The summed E-state index contributed by atoms with van der Waals surface area (Å²) in [5.41, 5.74) is -4.51. The van der Waals surface area contributed by atoms with Crippen molar-refractivity contribution in [2.24, 2.45) is 5.41 Å². The summed E-state index contributed by atoms with van der Waals surface area (Å²) in [6.07, 6.45) is 2.67. The molecule has 1 heterocycles. The van der Waals surface area contributed by atoms with Gasteiger partial charge in [-0.25, -0.2) is 18.4 Å². The molecule has 2 aromatic rings. The second-order valence-corrected chi connectivity index (χ2v) is 6.76. The van der Waals surface area contributed by atoms with Crippen LogP contribution in [0.3, 0.4) is 0 Å². The Morgan fingerprint density at radius 2 is 1.78 bits per heavy atom. The highest BCUT2D eigenvalue weighted by atomic mass is 19.1. The first-order valence-electron chi connectivity index (χ1n) is 7.22. The lowest BCUT2D eigenvalue weighted by Gasteiger charge is -2.49. The van der Waals surface area contributed by atoms with Crippen molar-refractivity contribution in [3.8, 4) is 0 Å². The van der Waals surface area contributed by atoms with Crippen LogP contribution in [0, 0.1) is 17.0 Å². The van der Waals surface area contributed by atoms with E-state index in [9.17, 15) is 19.0 Å². The van der Waals surface area contributed by atoms with Gasteiger partial charge < -0.3 is 10.2 Å². The van der Waals surface area contributed by atoms with E-state index in [1.807, 2.05) is 0 Å². The molecule has 1 aromatic carbocycles. The molecular weight excluding hydrogens is 304 g/mol. The Bertz CT molecular complexity index is 681. The molecule has 23 heavy (non-hydrogen) atoms. The molecule has 2 N–H and O–H groups in total. The molecule has 0 saturated heterocycles. The third-order valence-electron chi connectivity index (χ3n) is 4.80. The quantitative estimate of drug-likeness (QED) is 0.884. The average molecular weight is 325 g/mol. The van der Waals surface area contributed by atoms with E-state index >= 15 is 0 Å². The normalized spacial score (nSPS) is 15.5. The van der Waals surface area contributed by atoms with Crippen LogP contribution in [-0.2, 0) is 12.1 Å². The van der Waals surface area contributed by atoms with E-state index in [4.69, 9.17) is 0 Å². The summed E-state index contributed by atoms with van der Waals surface area (Å²) in [6.45, 7) is 6.15. The molecule has 1 unspecified atom stereocenters. The number of rotatable bonds is 5. The van der Waals surface area contributed by atoms with Crippen LogP contribution in [0.5, 0.6) is 0 Å². The maximum atomic E-state index is 14.4. The smallest absolute Gasteiger partial charge is 0.137 e. The maximum Gasteiger partial charge on any atom is 0.137 e. The van der Waals surface area contributed by atoms with E-state index in [1.165, 1.54) is 37.3 Å². The summed E-state index contributed by atoms with van der Waals surface area (Å²) in [6, 6.07) is 2.97. The van der Waals surface area contributed by atoms with E-state index in [0.717, 1.165) is 6.07 Å². The fourth-order valence-electron chi connectivity index (χ4n) is 2.50. The minimum atomic E-state index is -1.85. The standard InChI is InChI=1S/C16H21F2N3O2/c1-14(2,15(3,4)22)16(23,8-21-10-19-9-20-21)12-6-5-11(17)7-13(12)18/h5-7,9-10,22-23H,8H2,1-4H3. The highest BCUT2D eigenvalue weighted by molar-refractivity contribution is 5.28. The molecular formula is C16H21F2N3O2. The van der Waals surface area contributed by atoms with Gasteiger partial charge in [-0.3, -0.25) is 0 Å². The molecule has 126 valence electrons. The zero-order valence-electron chi connectivity index (χ0n) is 13.6. The minimum Gasteiger partial charge on any atom is -0.390 e. The summed E-state index contributed by atoms with van der Waals surface area (Å²) in [7, 11) is 0. The molecule has 0 aliphatic heterocycles. The van der Waals surface area contributed by atoms with Gasteiger partial charge in [-0.05, 0) is 19.9 Å². The third kappa shape index (κ3) is 2.98. The summed E-state index contributed by atoms with van der Waals surface area (Å²) in [5, 5.41) is 25.8. The van der Waals surface area contributed by atoms with Crippen molar-refractivity contribution in [2.75, 3.05) is 0 Å². The number of hydrogen-bond donors (Lipinski definition) is 2. The van der Waals surface area contributed by atoms with Gasteiger partial charge in [0.05, 0.1) is 12.1 Å². The van der Waals surface area contributed by atoms with Gasteiger partial charge in [0, 0.05) is 17.0 Å². The first-order chi connectivity index (χ1) is 10.5. The molecule has 1 aromatic heterocycles. The Hall–Kier alpha value is -1.86. The third-order valence-corrected chi connectivity index (χ3v) is 4.80. The minimum absolute atomic E-state index is 0.110. The van der Waals surface area contributed by atoms with Crippen molar-refractivity contribution in [3.63, 3.8) is 0 Å². The van der Waals surface area contributed by atoms with E-state index < -0.39 is 28.3 Å². The molecule has 7 heteroatoms. The van der Waals surface area contributed by atoms with Crippen LogP contribution in [0.4, 0.5) is 8.78 Å². The van der Waals surface area contributed by atoms with Crippen LogP contribution in [0.1, 0.15) is 33.3 Å². The zero-order chi connectivity index (χ0) is 17.5. The number of halogens is 2. The van der Waals surface area contributed by atoms with Crippen molar-refractivity contribution in [1.29, 1.82) is 0 Å². The molecule has 0 amide bonds. The van der Waals surface area contributed by atoms with Crippen LogP contribution in [0.2, 0.25) is 0 Å². The molecule has 0 radical (unpaired) electrons. The predicted molar refractivity (Wildman–Crippen MR) is 80.4 cm³/mol. The van der Waals surface area contributed by atoms with E-state index in [1.54, 1.807) is 13.8 Å². The average Bonchev–Trinajstić information content (AvgIpc) is 2.89. The van der Waals surface area contributed by atoms with Crippen molar-refractivity contribution in [1.82, 2.24) is 14.8 Å². The van der Waals surface area contributed by atoms with Gasteiger partial charge in [0.25, 0.3) is 0 Å². The number of nitrogens with zero attached hydrogens (tertiary/aromatic N) is 3. The van der Waals surface area contributed by atoms with E-state index in [0.29, 0.717) is 6.07 Å². The van der Waals surface area contributed by atoms with E-state index in [-0.39, 0.29) is 12.1 Å². The second kappa shape index (κ2) is 5.65. The fourth-order valence-corrected chi connectivity index (χ4v) is 2.50. The molecule has 5 nitrogen and oxygen atoms in total. The lowest BCUT2D eigenvalue weighted by Crippen LogP contribution is -2.56. The SMILES string of the molecule is CC(C)(O)C(C)(C)C(O)(Cn1cncn1)c1ccc(F)cc1F. The Balaban J connectivity index is 2.64. The molecule has 0 aliphatic rings. The molecule has 0 saturated carbocycles. The summed E-state index contributed by atoms with van der Waals surface area (Å²) in [4.78, 5) is 3.81. The van der Waals surface area contributed by atoms with Crippen molar-refractivity contribution in [2.45, 2.75) is 45.4 Å².